The summed E-state index contributed by atoms with van der Waals surface area (Å²) >= 11 is 6.19. The third-order valence-electron chi connectivity index (χ3n) is 3.38. The van der Waals surface area contributed by atoms with Crippen LogP contribution in [0.3, 0.4) is 0 Å². The van der Waals surface area contributed by atoms with Gasteiger partial charge >= 0.3 is 0 Å². The van der Waals surface area contributed by atoms with Crippen molar-refractivity contribution in [1.82, 2.24) is 5.32 Å². The SMILES string of the molecule is CCNC(C)c1cccc(-c2ccc(OC)c(Cl)c2)c1. The van der Waals surface area contributed by atoms with Crippen molar-refractivity contribution in [2.75, 3.05) is 13.7 Å². The number of nitrogens with one attached hydrogen (secondary N) is 1. The molecule has 2 nitrogen and oxygen atoms in total. The minimum absolute atomic E-state index is 0.341. The predicted molar refractivity (Wildman–Crippen MR) is 85.5 cm³/mol. The molecule has 0 amide bonds. The number of hydrogen-bond acceptors (Lipinski definition) is 2. The van der Waals surface area contributed by atoms with Gasteiger partial charge in [-0.2, -0.15) is 0 Å². The van der Waals surface area contributed by atoms with Crippen molar-refractivity contribution in [3.05, 3.63) is 53.1 Å². The molecule has 0 saturated carbocycles. The summed E-state index contributed by atoms with van der Waals surface area (Å²) in [6.07, 6.45) is 0. The molecular formula is C17H20ClNO. The molecule has 0 aliphatic carbocycles. The molecule has 1 atom stereocenters. The van der Waals surface area contributed by atoms with Gasteiger partial charge in [-0.25, -0.2) is 0 Å². The maximum Gasteiger partial charge on any atom is 0.137 e. The van der Waals surface area contributed by atoms with Crippen LogP contribution in [0.4, 0.5) is 0 Å². The van der Waals surface area contributed by atoms with Gasteiger partial charge in [0, 0.05) is 6.04 Å². The van der Waals surface area contributed by atoms with Gasteiger partial charge in [-0.1, -0.05) is 42.8 Å². The number of rotatable bonds is 5. The van der Waals surface area contributed by atoms with E-state index in [2.05, 4.69) is 43.4 Å². The number of hydrogen-bond donors (Lipinski definition) is 1. The fraction of sp³-hybridized carbons (Fsp3) is 0.294. The first-order chi connectivity index (χ1) is 9.65. The van der Waals surface area contributed by atoms with Crippen molar-refractivity contribution in [1.29, 1.82) is 0 Å². The Hall–Kier alpha value is -1.51. The van der Waals surface area contributed by atoms with Gasteiger partial charge in [-0.05, 0) is 48.4 Å². The Bertz CT molecular complexity index is 583. The van der Waals surface area contributed by atoms with Crippen molar-refractivity contribution >= 4 is 11.6 Å². The zero-order valence-electron chi connectivity index (χ0n) is 12.1. The van der Waals surface area contributed by atoms with Gasteiger partial charge in [0.1, 0.15) is 5.75 Å². The van der Waals surface area contributed by atoms with E-state index in [9.17, 15) is 0 Å². The number of benzene rings is 2. The van der Waals surface area contributed by atoms with Crippen LogP contribution >= 0.6 is 11.6 Å². The van der Waals surface area contributed by atoms with E-state index in [4.69, 9.17) is 16.3 Å². The number of ether oxygens (including phenoxy) is 1. The Kier molecular flexibility index (Phi) is 5.05. The largest absolute Gasteiger partial charge is 0.495 e. The molecule has 0 heterocycles. The molecule has 0 spiro atoms. The fourth-order valence-electron chi connectivity index (χ4n) is 2.26. The van der Waals surface area contributed by atoms with Crippen LogP contribution in [0, 0.1) is 0 Å². The maximum atomic E-state index is 6.19. The molecule has 3 heteroatoms. The third-order valence-corrected chi connectivity index (χ3v) is 3.68. The summed E-state index contributed by atoms with van der Waals surface area (Å²) in [5.74, 6) is 0.701. The van der Waals surface area contributed by atoms with Gasteiger partial charge in [-0.3, -0.25) is 0 Å². The monoisotopic (exact) mass is 289 g/mol. The first-order valence-corrected chi connectivity index (χ1v) is 7.20. The van der Waals surface area contributed by atoms with E-state index >= 15 is 0 Å². The molecule has 0 bridgehead atoms. The van der Waals surface area contributed by atoms with E-state index < -0.39 is 0 Å². The molecule has 1 unspecified atom stereocenters. The molecule has 1 N–H and O–H groups in total. The van der Waals surface area contributed by atoms with Crippen LogP contribution in [0.5, 0.6) is 5.75 Å². The molecule has 2 aromatic carbocycles. The van der Waals surface area contributed by atoms with Crippen LogP contribution in [0.2, 0.25) is 5.02 Å². The van der Waals surface area contributed by atoms with Gasteiger partial charge in [0.2, 0.25) is 0 Å². The van der Waals surface area contributed by atoms with Crippen LogP contribution in [-0.4, -0.2) is 13.7 Å². The summed E-state index contributed by atoms with van der Waals surface area (Å²) in [4.78, 5) is 0. The third kappa shape index (κ3) is 3.33. The van der Waals surface area contributed by atoms with E-state index in [0.29, 0.717) is 16.8 Å². The van der Waals surface area contributed by atoms with Gasteiger partial charge in [-0.15, -0.1) is 0 Å². The second-order valence-electron chi connectivity index (χ2n) is 4.75. The topological polar surface area (TPSA) is 21.3 Å². The highest BCUT2D eigenvalue weighted by Gasteiger charge is 2.07. The standard InChI is InChI=1S/C17H20ClNO/c1-4-19-12(2)13-6-5-7-14(10-13)15-8-9-17(20-3)16(18)11-15/h5-12,19H,4H2,1-3H3. The van der Waals surface area contributed by atoms with Crippen LogP contribution < -0.4 is 10.1 Å². The quantitative estimate of drug-likeness (QED) is 0.862. The van der Waals surface area contributed by atoms with Crippen LogP contribution in [0.1, 0.15) is 25.5 Å². The highest BCUT2D eigenvalue weighted by molar-refractivity contribution is 6.32. The first-order valence-electron chi connectivity index (χ1n) is 6.83. The molecular weight excluding hydrogens is 270 g/mol. The minimum Gasteiger partial charge on any atom is -0.495 e. The van der Waals surface area contributed by atoms with Crippen molar-refractivity contribution in [3.8, 4) is 16.9 Å². The summed E-state index contributed by atoms with van der Waals surface area (Å²) in [5.41, 5.74) is 3.54. The number of methoxy groups -OCH3 is 1. The second-order valence-corrected chi connectivity index (χ2v) is 5.16. The normalized spacial score (nSPS) is 12.2. The predicted octanol–water partition coefficient (Wildman–Crippen LogP) is 4.69. The van der Waals surface area contributed by atoms with E-state index in [1.54, 1.807) is 7.11 Å². The molecule has 0 aliphatic heterocycles. The Labute approximate surface area is 125 Å². The van der Waals surface area contributed by atoms with Crippen LogP contribution in [0.15, 0.2) is 42.5 Å². The smallest absolute Gasteiger partial charge is 0.137 e. The highest BCUT2D eigenvalue weighted by atomic mass is 35.5. The van der Waals surface area contributed by atoms with Gasteiger partial charge < -0.3 is 10.1 Å². The highest BCUT2D eigenvalue weighted by Crippen LogP contribution is 2.31. The van der Waals surface area contributed by atoms with Crippen molar-refractivity contribution in [2.45, 2.75) is 19.9 Å². The van der Waals surface area contributed by atoms with Crippen molar-refractivity contribution in [3.63, 3.8) is 0 Å². The Balaban J connectivity index is 2.33. The molecule has 0 aliphatic rings. The number of halogens is 1. The van der Waals surface area contributed by atoms with Crippen LogP contribution in [-0.2, 0) is 0 Å². The second kappa shape index (κ2) is 6.78. The van der Waals surface area contributed by atoms with E-state index in [1.807, 2.05) is 18.2 Å². The summed E-state index contributed by atoms with van der Waals surface area (Å²) in [7, 11) is 1.62. The Morgan fingerprint density at radius 1 is 1.15 bits per heavy atom. The van der Waals surface area contributed by atoms with Crippen LogP contribution in [0.25, 0.3) is 11.1 Å². The average Bonchev–Trinajstić information content (AvgIpc) is 2.47. The summed E-state index contributed by atoms with van der Waals surface area (Å²) in [6.45, 7) is 5.24. The lowest BCUT2D eigenvalue weighted by molar-refractivity contribution is 0.415. The molecule has 2 aromatic rings. The van der Waals surface area contributed by atoms with E-state index in [0.717, 1.165) is 17.7 Å². The molecule has 0 saturated heterocycles. The summed E-state index contributed by atoms with van der Waals surface area (Å²) in [6, 6.07) is 14.7. The zero-order chi connectivity index (χ0) is 14.5. The first kappa shape index (κ1) is 14.9. The Morgan fingerprint density at radius 2 is 1.90 bits per heavy atom. The van der Waals surface area contributed by atoms with E-state index in [-0.39, 0.29) is 0 Å². The molecule has 2 rings (SSSR count). The fourth-order valence-corrected chi connectivity index (χ4v) is 2.52. The zero-order valence-corrected chi connectivity index (χ0v) is 12.9. The molecule has 0 aromatic heterocycles. The lowest BCUT2D eigenvalue weighted by atomic mass is 10.00. The van der Waals surface area contributed by atoms with Crippen molar-refractivity contribution in [2.24, 2.45) is 0 Å². The maximum absolute atomic E-state index is 6.19. The summed E-state index contributed by atoms with van der Waals surface area (Å²) in [5, 5.41) is 4.06. The van der Waals surface area contributed by atoms with E-state index in [1.165, 1.54) is 5.56 Å². The molecule has 106 valence electrons. The molecule has 0 fully saturated rings. The minimum atomic E-state index is 0.341. The molecule has 0 radical (unpaired) electrons. The summed E-state index contributed by atoms with van der Waals surface area (Å²) < 4.78 is 5.19. The van der Waals surface area contributed by atoms with Gasteiger partial charge in [0.05, 0.1) is 12.1 Å². The Morgan fingerprint density at radius 3 is 2.55 bits per heavy atom. The average molecular weight is 290 g/mol. The lowest BCUT2D eigenvalue weighted by Gasteiger charge is -2.14. The lowest BCUT2D eigenvalue weighted by Crippen LogP contribution is -2.17. The van der Waals surface area contributed by atoms with Crippen molar-refractivity contribution < 1.29 is 4.74 Å². The van der Waals surface area contributed by atoms with Gasteiger partial charge in [0.15, 0.2) is 0 Å². The molecule has 20 heavy (non-hydrogen) atoms. The van der Waals surface area contributed by atoms with Gasteiger partial charge in [0.25, 0.3) is 0 Å².